The predicted octanol–water partition coefficient (Wildman–Crippen LogP) is 9.40. The molecule has 0 atom stereocenters. The van der Waals surface area contributed by atoms with Crippen LogP contribution >= 0.6 is 0 Å². The molecule has 15 nitrogen and oxygen atoms in total. The summed E-state index contributed by atoms with van der Waals surface area (Å²) in [5.41, 5.74) is 6.51. The number of rotatable bonds is 21. The van der Waals surface area contributed by atoms with Gasteiger partial charge in [-0.05, 0) is 110 Å². The van der Waals surface area contributed by atoms with E-state index in [0.717, 1.165) is 75.3 Å². The number of carbonyl (C=O) groups excluding carboxylic acids is 6. The summed E-state index contributed by atoms with van der Waals surface area (Å²) in [4.78, 5) is 87.1. The van der Waals surface area contributed by atoms with E-state index in [1.54, 1.807) is 18.2 Å². The summed E-state index contributed by atoms with van der Waals surface area (Å²) in [7, 11) is 11.6. The lowest BCUT2D eigenvalue weighted by atomic mass is 9.93. The summed E-state index contributed by atoms with van der Waals surface area (Å²) < 4.78 is 0. The van der Waals surface area contributed by atoms with Crippen molar-refractivity contribution in [2.24, 2.45) is 0 Å². The van der Waals surface area contributed by atoms with E-state index in [1.807, 2.05) is 136 Å². The van der Waals surface area contributed by atoms with Gasteiger partial charge in [-0.2, -0.15) is 0 Å². The number of benzene rings is 6. The molecule has 3 N–H and O–H groups in total. The van der Waals surface area contributed by atoms with Gasteiger partial charge in [0.25, 0.3) is 35.4 Å². The third-order valence-corrected chi connectivity index (χ3v) is 13.6. The van der Waals surface area contributed by atoms with Gasteiger partial charge in [-0.15, -0.1) is 6.58 Å². The highest BCUT2D eigenvalue weighted by atomic mass is 16.2. The number of hydrogen-bond donors (Lipinski definition) is 3. The molecule has 0 aromatic heterocycles. The van der Waals surface area contributed by atoms with E-state index in [-0.39, 0.29) is 35.4 Å². The highest BCUT2D eigenvalue weighted by molar-refractivity contribution is 6.29. The van der Waals surface area contributed by atoms with Crippen molar-refractivity contribution in [3.8, 4) is 0 Å². The Morgan fingerprint density at radius 2 is 0.747 bits per heavy atom. The summed E-state index contributed by atoms with van der Waals surface area (Å²) in [6.45, 7) is 13.5. The molecule has 3 heterocycles. The van der Waals surface area contributed by atoms with Crippen LogP contribution < -0.4 is 16.0 Å². The van der Waals surface area contributed by atoms with E-state index >= 15 is 0 Å². The van der Waals surface area contributed by atoms with Crippen molar-refractivity contribution in [3.05, 3.63) is 137 Å². The maximum absolute atomic E-state index is 12.9. The summed E-state index contributed by atoms with van der Waals surface area (Å²) in [5, 5.41) is 15.2. The normalized spacial score (nSPS) is 13.8. The molecule has 0 spiro atoms. The number of nitrogens with one attached hydrogen (secondary N) is 3. The van der Waals surface area contributed by atoms with E-state index in [1.165, 1.54) is 34.0 Å². The zero-order valence-corrected chi connectivity index (χ0v) is 45.0. The quantitative estimate of drug-likeness (QED) is 0.0357. The van der Waals surface area contributed by atoms with Crippen LogP contribution in [0, 0.1) is 0 Å². The van der Waals surface area contributed by atoms with Gasteiger partial charge in [-0.1, -0.05) is 75.6 Å². The van der Waals surface area contributed by atoms with E-state index in [0.29, 0.717) is 79.2 Å². The second-order valence-corrected chi connectivity index (χ2v) is 19.9. The van der Waals surface area contributed by atoms with Crippen LogP contribution in [-0.4, -0.2) is 166 Å². The van der Waals surface area contributed by atoms with Crippen molar-refractivity contribution in [1.82, 2.24) is 29.4 Å². The second kappa shape index (κ2) is 25.2. The van der Waals surface area contributed by atoms with E-state index < -0.39 is 0 Å². The van der Waals surface area contributed by atoms with Crippen LogP contribution in [0.5, 0.6) is 0 Å². The van der Waals surface area contributed by atoms with Gasteiger partial charge >= 0.3 is 0 Å². The maximum atomic E-state index is 12.9. The molecule has 0 unspecified atom stereocenters. The average molecular weight is 1020 g/mol. The molecule has 0 fully saturated rings. The maximum Gasteiger partial charge on any atom is 0.261 e. The van der Waals surface area contributed by atoms with Gasteiger partial charge < -0.3 is 30.7 Å². The number of anilines is 3. The molecular weight excluding hydrogens is 943 g/mol. The zero-order valence-electron chi connectivity index (χ0n) is 45.0. The number of carbonyl (C=O) groups is 6. The topological polar surface area (TPSA) is 158 Å². The van der Waals surface area contributed by atoms with Crippen LogP contribution in [0.1, 0.15) is 108 Å². The molecular formula is C60H73N9O6. The zero-order chi connectivity index (χ0) is 53.9. The summed E-state index contributed by atoms with van der Waals surface area (Å²) in [6, 6.07) is 28.3. The van der Waals surface area contributed by atoms with E-state index in [4.69, 9.17) is 0 Å². The van der Waals surface area contributed by atoms with Gasteiger partial charge in [-0.3, -0.25) is 43.5 Å². The van der Waals surface area contributed by atoms with Crippen molar-refractivity contribution in [1.29, 1.82) is 0 Å². The minimum absolute atomic E-state index is 0.194. The summed E-state index contributed by atoms with van der Waals surface area (Å²) >= 11 is 0. The third kappa shape index (κ3) is 12.1. The minimum atomic E-state index is -0.221. The standard InChI is InChI=1S/C22H29N3O2.C19H23N3O2.C19H21N3O2/c1-4-5-6-7-13-23-19-12-11-18-20-16(19)9-8-10-17(20)21(26)25(22(18)27)15-14-24(2)3;2*1-4-10-20-16-9-8-15-17-13(16)6-5-7-14(17)18(23)22(19(15)24)12-11-21(2)3/h8-12,23H,4-7,13-15H2,1-3H3;5-9,20H,4,10-12H2,1-3H3;4-9,20H,1,10-12H2,2-3H3. The number of nitrogens with zero attached hydrogens (tertiary/aromatic N) is 6. The summed E-state index contributed by atoms with van der Waals surface area (Å²) in [6.07, 6.45) is 7.58. The lowest BCUT2D eigenvalue weighted by molar-refractivity contribution is 0.0585. The lowest BCUT2D eigenvalue weighted by Crippen LogP contribution is -2.43. The molecule has 15 heteroatoms. The monoisotopic (exact) mass is 1020 g/mol. The Hall–Kier alpha value is -7.46. The predicted molar refractivity (Wildman–Crippen MR) is 304 cm³/mol. The van der Waals surface area contributed by atoms with Crippen molar-refractivity contribution in [2.75, 3.05) is 117 Å². The molecule has 6 amide bonds. The highest BCUT2D eigenvalue weighted by Gasteiger charge is 2.36. The second-order valence-electron chi connectivity index (χ2n) is 19.9. The van der Waals surface area contributed by atoms with Crippen LogP contribution in [-0.2, 0) is 0 Å². The van der Waals surface area contributed by atoms with Crippen molar-refractivity contribution >= 4 is 84.8 Å². The first-order valence-electron chi connectivity index (χ1n) is 26.2. The first-order valence-corrected chi connectivity index (χ1v) is 26.2. The molecule has 0 radical (unpaired) electrons. The first-order chi connectivity index (χ1) is 36.1. The highest BCUT2D eigenvalue weighted by Crippen LogP contribution is 2.37. The number of imide groups is 3. The fourth-order valence-electron chi connectivity index (χ4n) is 9.63. The molecule has 0 bridgehead atoms. The van der Waals surface area contributed by atoms with Crippen molar-refractivity contribution < 1.29 is 28.8 Å². The minimum Gasteiger partial charge on any atom is -0.385 e. The van der Waals surface area contributed by atoms with Gasteiger partial charge in [-0.25, -0.2) is 0 Å². The molecule has 75 heavy (non-hydrogen) atoms. The van der Waals surface area contributed by atoms with E-state index in [9.17, 15) is 28.8 Å². The molecule has 0 saturated carbocycles. The van der Waals surface area contributed by atoms with E-state index in [2.05, 4.69) is 36.4 Å². The third-order valence-electron chi connectivity index (χ3n) is 13.6. The molecule has 3 aliphatic rings. The fraction of sp³-hybridized carbons (Fsp3) is 0.367. The van der Waals surface area contributed by atoms with Crippen LogP contribution in [0.2, 0.25) is 0 Å². The number of unbranched alkanes of at least 4 members (excludes halogenated alkanes) is 3. The van der Waals surface area contributed by atoms with Gasteiger partial charge in [0.05, 0.1) is 0 Å². The average Bonchev–Trinajstić information content (AvgIpc) is 3.40. The van der Waals surface area contributed by atoms with Crippen LogP contribution in [0.3, 0.4) is 0 Å². The Kier molecular flexibility index (Phi) is 18.6. The Morgan fingerprint density at radius 3 is 1.07 bits per heavy atom. The smallest absolute Gasteiger partial charge is 0.261 e. The van der Waals surface area contributed by atoms with Crippen LogP contribution in [0.25, 0.3) is 32.3 Å². The van der Waals surface area contributed by atoms with Gasteiger partial charge in [0.2, 0.25) is 0 Å². The Morgan fingerprint density at radius 1 is 0.413 bits per heavy atom. The molecule has 0 aliphatic carbocycles. The van der Waals surface area contributed by atoms with Crippen molar-refractivity contribution in [3.63, 3.8) is 0 Å². The Labute approximate surface area is 441 Å². The molecule has 3 aliphatic heterocycles. The Bertz CT molecular complexity index is 3060. The first kappa shape index (κ1) is 55.3. The number of likely N-dealkylation sites (N-methyl/N-ethyl adjacent to an activating group) is 3. The lowest BCUT2D eigenvalue weighted by Gasteiger charge is -2.28. The molecule has 6 aromatic rings. The largest absolute Gasteiger partial charge is 0.385 e. The van der Waals surface area contributed by atoms with Gasteiger partial charge in [0, 0.05) is 142 Å². The molecule has 6 aromatic carbocycles. The fourth-order valence-corrected chi connectivity index (χ4v) is 9.63. The number of hydrogen-bond acceptors (Lipinski definition) is 12. The van der Waals surface area contributed by atoms with Gasteiger partial charge in [0.1, 0.15) is 0 Å². The Balaban J connectivity index is 0.000000164. The van der Waals surface area contributed by atoms with Crippen molar-refractivity contribution in [2.45, 2.75) is 46.0 Å². The van der Waals surface area contributed by atoms with Gasteiger partial charge in [0.15, 0.2) is 0 Å². The molecule has 0 saturated heterocycles. The molecule has 9 rings (SSSR count). The van der Waals surface area contributed by atoms with Crippen LogP contribution in [0.15, 0.2) is 104 Å². The number of amides is 6. The van der Waals surface area contributed by atoms with Crippen LogP contribution in [0.4, 0.5) is 17.1 Å². The molecule has 394 valence electrons. The SMILES string of the molecule is C=CCNc1ccc2c3c(cccc13)C(=O)N(CCN(C)C)C2=O.CCCCCCNc1ccc2c3c(cccc13)C(=O)N(CCN(C)C)C2=O.CCCNc1ccc2c3c(cccc13)C(=O)N(CCN(C)C)C2=O. The summed E-state index contributed by atoms with van der Waals surface area (Å²) in [5.74, 6) is -1.23.